The van der Waals surface area contributed by atoms with Gasteiger partial charge in [-0.15, -0.1) is 0 Å². The molecule has 1 atom stereocenters. The van der Waals surface area contributed by atoms with Gasteiger partial charge in [0.25, 0.3) is 5.91 Å². The van der Waals surface area contributed by atoms with Gasteiger partial charge in [-0.2, -0.15) is 0 Å². The number of aryl methyl sites for hydroxylation is 2. The maximum absolute atomic E-state index is 13.5. The second kappa shape index (κ2) is 8.37. The number of nitrogens with zero attached hydrogens (tertiary/aromatic N) is 3. The highest BCUT2D eigenvalue weighted by Crippen LogP contribution is 2.32. The molecule has 9 heteroatoms. The molecule has 1 saturated heterocycles. The fourth-order valence-electron chi connectivity index (χ4n) is 4.78. The summed E-state index contributed by atoms with van der Waals surface area (Å²) in [5.74, 6) is 1.13. The van der Waals surface area contributed by atoms with Crippen LogP contribution in [-0.2, 0) is 10.3 Å². The first kappa shape index (κ1) is 23.3. The summed E-state index contributed by atoms with van der Waals surface area (Å²) >= 11 is 0. The number of urea groups is 1. The Kier molecular flexibility index (Phi) is 5.43. The molecular formula is C27H26N4O5. The molecule has 1 fully saturated rings. The topological polar surface area (TPSA) is 107 Å². The molecule has 0 aliphatic carbocycles. The minimum atomic E-state index is -1.29. The van der Waals surface area contributed by atoms with E-state index in [1.54, 1.807) is 46.1 Å². The molecule has 2 aromatic heterocycles. The van der Waals surface area contributed by atoms with Gasteiger partial charge in [0, 0.05) is 23.0 Å². The van der Waals surface area contributed by atoms with Gasteiger partial charge in [-0.1, -0.05) is 23.4 Å². The lowest BCUT2D eigenvalue weighted by Gasteiger charge is -2.22. The van der Waals surface area contributed by atoms with E-state index in [2.05, 4.69) is 10.5 Å². The van der Waals surface area contributed by atoms with Gasteiger partial charge in [0.15, 0.2) is 11.6 Å². The number of hydrogen-bond acceptors (Lipinski definition) is 6. The van der Waals surface area contributed by atoms with E-state index in [-0.39, 0.29) is 12.3 Å². The van der Waals surface area contributed by atoms with E-state index >= 15 is 0 Å². The molecule has 0 radical (unpaired) electrons. The van der Waals surface area contributed by atoms with Gasteiger partial charge in [-0.25, -0.2) is 4.79 Å². The van der Waals surface area contributed by atoms with Crippen molar-refractivity contribution in [1.29, 1.82) is 0 Å². The number of benzene rings is 2. The highest BCUT2D eigenvalue weighted by Gasteiger charge is 2.49. The van der Waals surface area contributed by atoms with Crippen LogP contribution in [0.5, 0.6) is 5.75 Å². The lowest BCUT2D eigenvalue weighted by Crippen LogP contribution is -2.41. The second-order valence-corrected chi connectivity index (χ2v) is 9.21. The third kappa shape index (κ3) is 3.64. The van der Waals surface area contributed by atoms with Crippen LogP contribution in [0.4, 0.5) is 4.79 Å². The number of amides is 3. The van der Waals surface area contributed by atoms with E-state index in [1.165, 1.54) is 0 Å². The molecule has 0 spiro atoms. The molecule has 0 bridgehead atoms. The van der Waals surface area contributed by atoms with E-state index in [9.17, 15) is 14.4 Å². The molecule has 1 aliphatic heterocycles. The van der Waals surface area contributed by atoms with Gasteiger partial charge in [-0.3, -0.25) is 19.1 Å². The van der Waals surface area contributed by atoms with Crippen molar-refractivity contribution >= 4 is 28.5 Å². The Morgan fingerprint density at radius 2 is 1.78 bits per heavy atom. The maximum atomic E-state index is 13.5. The number of hydrogen-bond donors (Lipinski definition) is 1. The lowest BCUT2D eigenvalue weighted by atomic mass is 9.90. The molecule has 1 N–H and O–H groups in total. The van der Waals surface area contributed by atoms with Crippen LogP contribution in [0.2, 0.25) is 0 Å². The SMILES string of the molecule is COc1ccc2cc([C@@]3(C)NC(=O)N(CC(=O)c4cc(C)n(-c5cc(C)on5)c4C)C3=O)ccc2c1. The summed E-state index contributed by atoms with van der Waals surface area (Å²) in [5, 5.41) is 8.67. The zero-order valence-electron chi connectivity index (χ0n) is 20.7. The number of ketones is 1. The number of ether oxygens (including phenoxy) is 1. The smallest absolute Gasteiger partial charge is 0.325 e. The molecule has 184 valence electrons. The average Bonchev–Trinajstić information content (AvgIpc) is 3.48. The molecule has 3 heterocycles. The standard InChI is InChI=1S/C27H26N4O5/c1-15-10-22(17(3)31(15)24-11-16(2)36-29-24)23(32)14-30-25(33)27(4,28-26(30)34)20-8-6-19-13-21(35-5)9-7-18(19)12-20/h6-13H,14H2,1-5H3,(H,28,34)/t27-/m1/s1. The van der Waals surface area contributed by atoms with Crippen LogP contribution in [-0.4, -0.2) is 46.0 Å². The van der Waals surface area contributed by atoms with Crippen molar-refractivity contribution in [2.24, 2.45) is 0 Å². The Morgan fingerprint density at radius 3 is 2.47 bits per heavy atom. The van der Waals surface area contributed by atoms with Gasteiger partial charge in [0.1, 0.15) is 17.0 Å². The largest absolute Gasteiger partial charge is 0.497 e. The minimum absolute atomic E-state index is 0.340. The van der Waals surface area contributed by atoms with Crippen LogP contribution >= 0.6 is 0 Å². The molecule has 2 aromatic carbocycles. The maximum Gasteiger partial charge on any atom is 0.325 e. The van der Waals surface area contributed by atoms with Crippen molar-refractivity contribution in [3.63, 3.8) is 0 Å². The quantitative estimate of drug-likeness (QED) is 0.323. The van der Waals surface area contributed by atoms with Gasteiger partial charge >= 0.3 is 6.03 Å². The van der Waals surface area contributed by atoms with Crippen molar-refractivity contribution in [3.05, 3.63) is 76.8 Å². The fraction of sp³-hybridized carbons (Fsp3) is 0.259. The Bertz CT molecular complexity index is 1550. The summed E-state index contributed by atoms with van der Waals surface area (Å²) in [7, 11) is 1.60. The van der Waals surface area contributed by atoms with Crippen LogP contribution in [0.25, 0.3) is 16.6 Å². The minimum Gasteiger partial charge on any atom is -0.497 e. The summed E-state index contributed by atoms with van der Waals surface area (Å²) in [4.78, 5) is 40.6. The molecule has 5 rings (SSSR count). The van der Waals surface area contributed by atoms with E-state index < -0.39 is 17.5 Å². The number of rotatable bonds is 6. The second-order valence-electron chi connectivity index (χ2n) is 9.21. The van der Waals surface area contributed by atoms with Gasteiger partial charge in [-0.05, 0) is 68.3 Å². The number of methoxy groups -OCH3 is 1. The molecule has 36 heavy (non-hydrogen) atoms. The van der Waals surface area contributed by atoms with Gasteiger partial charge in [0.2, 0.25) is 0 Å². The number of carbonyl (C=O) groups excluding carboxylic acids is 3. The van der Waals surface area contributed by atoms with Gasteiger partial charge < -0.3 is 14.6 Å². The zero-order chi connectivity index (χ0) is 25.8. The first-order valence-corrected chi connectivity index (χ1v) is 11.5. The summed E-state index contributed by atoms with van der Waals surface area (Å²) in [6.07, 6.45) is 0. The highest BCUT2D eigenvalue weighted by atomic mass is 16.5. The van der Waals surface area contributed by atoms with Crippen molar-refractivity contribution in [3.8, 4) is 11.6 Å². The molecule has 3 amide bonds. The first-order valence-electron chi connectivity index (χ1n) is 11.5. The summed E-state index contributed by atoms with van der Waals surface area (Å²) in [6.45, 7) is 6.73. The average molecular weight is 487 g/mol. The Balaban J connectivity index is 1.41. The van der Waals surface area contributed by atoms with Crippen molar-refractivity contribution in [1.82, 2.24) is 19.9 Å². The third-order valence-corrected chi connectivity index (χ3v) is 6.78. The highest BCUT2D eigenvalue weighted by molar-refractivity contribution is 6.11. The number of Topliss-reactive ketones (excluding diaryl/α,β-unsaturated/α-hetero) is 1. The van der Waals surface area contributed by atoms with E-state index in [1.807, 2.05) is 41.8 Å². The number of imide groups is 1. The predicted molar refractivity (Wildman–Crippen MR) is 132 cm³/mol. The Morgan fingerprint density at radius 1 is 1.06 bits per heavy atom. The van der Waals surface area contributed by atoms with Crippen molar-refractivity contribution < 1.29 is 23.6 Å². The predicted octanol–water partition coefficient (Wildman–Crippen LogP) is 4.20. The number of fused-ring (bicyclic) bond motifs is 1. The number of carbonyl (C=O) groups is 3. The lowest BCUT2D eigenvalue weighted by molar-refractivity contribution is -0.130. The van der Waals surface area contributed by atoms with E-state index in [4.69, 9.17) is 9.26 Å². The Hall–Kier alpha value is -4.40. The van der Waals surface area contributed by atoms with Crippen LogP contribution in [0.1, 0.15) is 40.0 Å². The molecule has 4 aromatic rings. The third-order valence-electron chi connectivity index (χ3n) is 6.78. The summed E-state index contributed by atoms with van der Waals surface area (Å²) < 4.78 is 12.3. The molecule has 9 nitrogen and oxygen atoms in total. The molecule has 0 unspecified atom stereocenters. The molecular weight excluding hydrogens is 460 g/mol. The van der Waals surface area contributed by atoms with E-state index in [0.29, 0.717) is 28.4 Å². The van der Waals surface area contributed by atoms with Crippen molar-refractivity contribution in [2.45, 2.75) is 33.2 Å². The fourth-order valence-corrected chi connectivity index (χ4v) is 4.78. The normalized spacial score (nSPS) is 17.6. The van der Waals surface area contributed by atoms with Crippen LogP contribution < -0.4 is 10.1 Å². The summed E-state index contributed by atoms with van der Waals surface area (Å²) in [6, 6.07) is 14.1. The summed E-state index contributed by atoms with van der Waals surface area (Å²) in [5.41, 5.74) is 1.21. The van der Waals surface area contributed by atoms with Crippen molar-refractivity contribution in [2.75, 3.05) is 13.7 Å². The molecule has 1 aliphatic rings. The van der Waals surface area contributed by atoms with Crippen LogP contribution in [0.3, 0.4) is 0 Å². The number of aromatic nitrogens is 2. The first-order chi connectivity index (χ1) is 17.1. The monoisotopic (exact) mass is 486 g/mol. The number of nitrogens with one attached hydrogen (secondary N) is 1. The molecule has 0 saturated carbocycles. The van der Waals surface area contributed by atoms with Crippen LogP contribution in [0.15, 0.2) is 53.1 Å². The Labute approximate surface area is 207 Å². The van der Waals surface area contributed by atoms with Crippen LogP contribution in [0, 0.1) is 20.8 Å². The van der Waals surface area contributed by atoms with Gasteiger partial charge in [0.05, 0.1) is 13.7 Å². The van der Waals surface area contributed by atoms with E-state index in [0.717, 1.165) is 27.1 Å². The zero-order valence-corrected chi connectivity index (χ0v) is 20.7.